The van der Waals surface area contributed by atoms with Crippen LogP contribution in [-0.4, -0.2) is 56.3 Å². The number of carbonyl (C=O) groups excluding carboxylic acids is 1. The predicted octanol–water partition coefficient (Wildman–Crippen LogP) is 2.73. The molecule has 1 amide bonds. The average Bonchev–Trinajstić information content (AvgIpc) is 2.61. The smallest absolute Gasteiger partial charge is 0.255 e. The Labute approximate surface area is 160 Å². The number of carbonyl (C=O) groups is 1. The summed E-state index contributed by atoms with van der Waals surface area (Å²) < 4.78 is 10.3. The fraction of sp³-hybridized carbons (Fsp3) is 0.368. The molecule has 6 nitrogen and oxygen atoms in total. The standard InChI is InChI=1S/C19H27N3O3S/c1-14-7-9-20-11-18(14)26-16(3)21-19(23)15(2)8-10-22(4)17(12-24-5)13-25-6/h7-11,17H,2-3,12-13H2,1,4-6H3,(H,21,23)/b10-8-. The molecule has 0 aliphatic rings. The SMILES string of the molecule is C=C(NC(=O)C(=C)/C=C\N(C)C(COC)COC)Sc1cnccc1C. The quantitative estimate of drug-likeness (QED) is 0.363. The largest absolute Gasteiger partial charge is 0.382 e. The first-order chi connectivity index (χ1) is 12.4. The second kappa shape index (κ2) is 11.5. The van der Waals surface area contributed by atoms with Gasteiger partial charge < -0.3 is 19.7 Å². The molecule has 0 fully saturated rings. The highest BCUT2D eigenvalue weighted by atomic mass is 32.2. The third-order valence-electron chi connectivity index (χ3n) is 3.57. The second-order valence-corrected chi connectivity index (χ2v) is 6.83. The number of ether oxygens (including phenoxy) is 2. The van der Waals surface area contributed by atoms with E-state index in [2.05, 4.69) is 23.5 Å². The first kappa shape index (κ1) is 22.0. The Morgan fingerprint density at radius 2 is 2.04 bits per heavy atom. The molecule has 1 rings (SSSR count). The Morgan fingerprint density at radius 3 is 2.62 bits per heavy atom. The summed E-state index contributed by atoms with van der Waals surface area (Å²) >= 11 is 1.36. The third-order valence-corrected chi connectivity index (χ3v) is 4.57. The Balaban J connectivity index is 2.57. The molecule has 1 N–H and O–H groups in total. The number of hydrogen-bond acceptors (Lipinski definition) is 6. The van der Waals surface area contributed by atoms with Crippen LogP contribution in [0.4, 0.5) is 0 Å². The minimum atomic E-state index is -0.302. The molecule has 0 unspecified atom stereocenters. The Morgan fingerprint density at radius 1 is 1.38 bits per heavy atom. The predicted molar refractivity (Wildman–Crippen MR) is 106 cm³/mol. The van der Waals surface area contributed by atoms with Crippen LogP contribution in [0, 0.1) is 6.92 Å². The molecule has 0 saturated heterocycles. The van der Waals surface area contributed by atoms with Gasteiger partial charge in [-0.3, -0.25) is 9.78 Å². The van der Waals surface area contributed by atoms with Crippen molar-refractivity contribution < 1.29 is 14.3 Å². The molecule has 0 spiro atoms. The first-order valence-corrected chi connectivity index (χ1v) is 8.86. The van der Waals surface area contributed by atoms with E-state index in [4.69, 9.17) is 9.47 Å². The molecule has 0 atom stereocenters. The minimum absolute atomic E-state index is 0.0520. The fourth-order valence-corrected chi connectivity index (χ4v) is 2.75. The van der Waals surface area contributed by atoms with Crippen LogP contribution in [0.5, 0.6) is 0 Å². The van der Waals surface area contributed by atoms with Crippen LogP contribution in [0.25, 0.3) is 0 Å². The molecule has 26 heavy (non-hydrogen) atoms. The van der Waals surface area contributed by atoms with Gasteiger partial charge >= 0.3 is 0 Å². The normalized spacial score (nSPS) is 11.0. The number of rotatable bonds is 11. The summed E-state index contributed by atoms with van der Waals surface area (Å²) in [5, 5.41) is 3.26. The van der Waals surface area contributed by atoms with Gasteiger partial charge in [0.15, 0.2) is 0 Å². The Bertz CT molecular complexity index is 655. The fourth-order valence-electron chi connectivity index (χ4n) is 1.99. The summed E-state index contributed by atoms with van der Waals surface area (Å²) in [4.78, 5) is 19.2. The number of thioether (sulfide) groups is 1. The van der Waals surface area contributed by atoms with Crippen LogP contribution in [0.3, 0.4) is 0 Å². The van der Waals surface area contributed by atoms with Crippen LogP contribution in [-0.2, 0) is 14.3 Å². The number of likely N-dealkylation sites (N-methyl/N-ethyl adjacent to an activating group) is 1. The van der Waals surface area contributed by atoms with Gasteiger partial charge in [0.05, 0.1) is 24.3 Å². The van der Waals surface area contributed by atoms with E-state index in [1.807, 2.05) is 24.9 Å². The van der Waals surface area contributed by atoms with Crippen molar-refractivity contribution in [2.75, 3.05) is 34.5 Å². The zero-order valence-electron chi connectivity index (χ0n) is 15.8. The zero-order valence-corrected chi connectivity index (χ0v) is 16.6. The molecule has 1 heterocycles. The van der Waals surface area contributed by atoms with Gasteiger partial charge in [0.2, 0.25) is 0 Å². The summed E-state index contributed by atoms with van der Waals surface area (Å²) in [7, 11) is 5.17. The van der Waals surface area contributed by atoms with Crippen molar-refractivity contribution >= 4 is 17.7 Å². The number of amides is 1. The summed E-state index contributed by atoms with van der Waals surface area (Å²) in [5.74, 6) is -0.302. The summed E-state index contributed by atoms with van der Waals surface area (Å²) in [5.41, 5.74) is 1.40. The van der Waals surface area contributed by atoms with Gasteiger partial charge in [0.25, 0.3) is 5.91 Å². The Kier molecular flexibility index (Phi) is 9.72. The lowest BCUT2D eigenvalue weighted by Gasteiger charge is -2.25. The maximum Gasteiger partial charge on any atom is 0.255 e. The first-order valence-electron chi connectivity index (χ1n) is 8.04. The van der Waals surface area contributed by atoms with Crippen molar-refractivity contribution in [3.05, 3.63) is 60.1 Å². The van der Waals surface area contributed by atoms with Gasteiger partial charge in [-0.2, -0.15) is 0 Å². The van der Waals surface area contributed by atoms with Gasteiger partial charge in [0, 0.05) is 44.1 Å². The number of nitrogens with zero attached hydrogens (tertiary/aromatic N) is 2. The van der Waals surface area contributed by atoms with Crippen LogP contribution >= 0.6 is 11.8 Å². The molecular formula is C19H27N3O3S. The van der Waals surface area contributed by atoms with Gasteiger partial charge in [-0.25, -0.2) is 0 Å². The molecule has 0 saturated carbocycles. The molecule has 1 aromatic heterocycles. The lowest BCUT2D eigenvalue weighted by Crippen LogP contribution is -2.35. The maximum atomic E-state index is 12.2. The highest BCUT2D eigenvalue weighted by molar-refractivity contribution is 8.03. The molecule has 0 aliphatic heterocycles. The topological polar surface area (TPSA) is 63.7 Å². The molecule has 0 aliphatic carbocycles. The summed E-state index contributed by atoms with van der Waals surface area (Å²) in [6.45, 7) is 10.7. The lowest BCUT2D eigenvalue weighted by molar-refractivity contribution is -0.116. The van der Waals surface area contributed by atoms with Crippen LogP contribution in [0.1, 0.15) is 5.56 Å². The molecule has 1 aromatic rings. The maximum absolute atomic E-state index is 12.2. The van der Waals surface area contributed by atoms with Crippen LogP contribution < -0.4 is 5.32 Å². The third kappa shape index (κ3) is 7.43. The highest BCUT2D eigenvalue weighted by Gasteiger charge is 2.12. The van der Waals surface area contributed by atoms with E-state index in [9.17, 15) is 4.79 Å². The van der Waals surface area contributed by atoms with E-state index >= 15 is 0 Å². The van der Waals surface area contributed by atoms with E-state index in [0.717, 1.165) is 10.5 Å². The van der Waals surface area contributed by atoms with Crippen LogP contribution in [0.15, 0.2) is 59.4 Å². The second-order valence-electron chi connectivity index (χ2n) is 5.69. The minimum Gasteiger partial charge on any atom is -0.382 e. The van der Waals surface area contributed by atoms with E-state index in [0.29, 0.717) is 23.8 Å². The van der Waals surface area contributed by atoms with E-state index < -0.39 is 0 Å². The number of methoxy groups -OCH3 is 2. The van der Waals surface area contributed by atoms with Gasteiger partial charge in [0.1, 0.15) is 0 Å². The van der Waals surface area contributed by atoms with Crippen molar-refractivity contribution in [1.29, 1.82) is 0 Å². The average molecular weight is 378 g/mol. The zero-order chi connectivity index (χ0) is 19.5. The van der Waals surface area contributed by atoms with E-state index in [1.165, 1.54) is 11.8 Å². The van der Waals surface area contributed by atoms with Crippen LogP contribution in [0.2, 0.25) is 0 Å². The molecule has 0 aromatic carbocycles. The van der Waals surface area contributed by atoms with Crippen molar-refractivity contribution in [2.24, 2.45) is 0 Å². The van der Waals surface area contributed by atoms with Crippen molar-refractivity contribution in [3.63, 3.8) is 0 Å². The summed E-state index contributed by atoms with van der Waals surface area (Å²) in [6, 6.07) is 1.96. The number of nitrogens with one attached hydrogen (secondary N) is 1. The number of pyridine rings is 1. The molecule has 0 radical (unpaired) electrons. The Hall–Kier alpha value is -2.09. The molecule has 142 valence electrons. The molecule has 7 heteroatoms. The summed E-state index contributed by atoms with van der Waals surface area (Å²) in [6.07, 6.45) is 6.91. The van der Waals surface area contributed by atoms with Crippen molar-refractivity contribution in [3.8, 4) is 0 Å². The monoisotopic (exact) mass is 377 g/mol. The highest BCUT2D eigenvalue weighted by Crippen LogP contribution is 2.25. The number of hydrogen-bond donors (Lipinski definition) is 1. The van der Waals surface area contributed by atoms with Gasteiger partial charge in [-0.15, -0.1) is 0 Å². The van der Waals surface area contributed by atoms with E-state index in [-0.39, 0.29) is 11.9 Å². The van der Waals surface area contributed by atoms with Gasteiger partial charge in [-0.1, -0.05) is 24.9 Å². The number of aryl methyl sites for hydroxylation is 1. The number of aromatic nitrogens is 1. The lowest BCUT2D eigenvalue weighted by atomic mass is 10.2. The molecular weight excluding hydrogens is 350 g/mol. The van der Waals surface area contributed by atoms with Crippen molar-refractivity contribution in [2.45, 2.75) is 17.9 Å². The van der Waals surface area contributed by atoms with Gasteiger partial charge in [-0.05, 0) is 30.8 Å². The molecule has 0 bridgehead atoms. The van der Waals surface area contributed by atoms with Crippen molar-refractivity contribution in [1.82, 2.24) is 15.2 Å². The van der Waals surface area contributed by atoms with E-state index in [1.54, 1.807) is 38.9 Å².